The highest BCUT2D eigenvalue weighted by molar-refractivity contribution is 5.71. The normalized spacial score (nSPS) is 13.0. The maximum absolute atomic E-state index is 12.9. The lowest BCUT2D eigenvalue weighted by Gasteiger charge is -2.18. The third-order valence-corrected chi connectivity index (χ3v) is 12.1. The minimum Gasteiger partial charge on any atom is -0.462 e. The number of carbonyl (C=O) groups is 3. The van der Waals surface area contributed by atoms with E-state index in [0.717, 1.165) is 103 Å². The molecule has 0 aliphatic rings. The zero-order valence-electron chi connectivity index (χ0n) is 45.9. The van der Waals surface area contributed by atoms with Crippen LogP contribution in [0.25, 0.3) is 0 Å². The summed E-state index contributed by atoms with van der Waals surface area (Å²) in [7, 11) is 0. The van der Waals surface area contributed by atoms with Crippen LogP contribution in [0.3, 0.4) is 0 Å². The van der Waals surface area contributed by atoms with Gasteiger partial charge in [0.15, 0.2) is 6.10 Å². The van der Waals surface area contributed by atoms with E-state index in [2.05, 4.69) is 118 Å². The fraction of sp³-hybridized carbons (Fsp3) is 0.646. The number of ether oxygens (including phenoxy) is 3. The van der Waals surface area contributed by atoms with E-state index < -0.39 is 6.10 Å². The highest BCUT2D eigenvalue weighted by Gasteiger charge is 2.19. The molecule has 1 unspecified atom stereocenters. The second-order valence-electron chi connectivity index (χ2n) is 18.9. The van der Waals surface area contributed by atoms with Crippen LogP contribution in [-0.2, 0) is 28.6 Å². The van der Waals surface area contributed by atoms with Gasteiger partial charge >= 0.3 is 17.9 Å². The van der Waals surface area contributed by atoms with Gasteiger partial charge in [0, 0.05) is 19.3 Å². The van der Waals surface area contributed by atoms with Gasteiger partial charge in [-0.15, -0.1) is 0 Å². The second-order valence-corrected chi connectivity index (χ2v) is 18.9. The van der Waals surface area contributed by atoms with E-state index in [0.29, 0.717) is 19.3 Å². The van der Waals surface area contributed by atoms with Gasteiger partial charge < -0.3 is 14.2 Å². The summed E-state index contributed by atoms with van der Waals surface area (Å²) in [6.07, 6.45) is 80.6. The number of rotatable bonds is 51. The van der Waals surface area contributed by atoms with Crippen LogP contribution in [-0.4, -0.2) is 37.2 Å². The van der Waals surface area contributed by atoms with Crippen molar-refractivity contribution in [3.8, 4) is 0 Å². The second kappa shape index (κ2) is 58.4. The largest absolute Gasteiger partial charge is 0.462 e. The molecule has 0 saturated carbocycles. The van der Waals surface area contributed by atoms with Gasteiger partial charge in [-0.1, -0.05) is 277 Å². The molecule has 6 heteroatoms. The molecule has 0 spiro atoms. The van der Waals surface area contributed by atoms with Crippen LogP contribution in [0, 0.1) is 0 Å². The van der Waals surface area contributed by atoms with E-state index in [9.17, 15) is 14.4 Å². The first kappa shape index (κ1) is 66.8. The first-order valence-corrected chi connectivity index (χ1v) is 29.1. The molecule has 402 valence electrons. The average molecular weight is 984 g/mol. The van der Waals surface area contributed by atoms with Crippen LogP contribution in [0.2, 0.25) is 0 Å². The lowest BCUT2D eigenvalue weighted by Crippen LogP contribution is -2.30. The van der Waals surface area contributed by atoms with Gasteiger partial charge in [0.05, 0.1) is 0 Å². The summed E-state index contributed by atoms with van der Waals surface area (Å²) in [5.74, 6) is -1.02. The summed E-state index contributed by atoms with van der Waals surface area (Å²) in [5, 5.41) is 0. The van der Waals surface area contributed by atoms with E-state index in [4.69, 9.17) is 14.2 Å². The Hall–Kier alpha value is -4.19. The van der Waals surface area contributed by atoms with Gasteiger partial charge in [-0.2, -0.15) is 0 Å². The Morgan fingerprint density at radius 1 is 0.310 bits per heavy atom. The lowest BCUT2D eigenvalue weighted by atomic mass is 10.0. The summed E-state index contributed by atoms with van der Waals surface area (Å²) in [6.45, 7) is 6.31. The molecule has 6 nitrogen and oxygen atoms in total. The molecule has 0 aliphatic heterocycles. The Morgan fingerprint density at radius 3 is 1.08 bits per heavy atom. The van der Waals surface area contributed by atoms with Crippen LogP contribution in [0.4, 0.5) is 0 Å². The molecule has 0 aromatic carbocycles. The van der Waals surface area contributed by atoms with Crippen molar-refractivity contribution >= 4 is 17.9 Å². The highest BCUT2D eigenvalue weighted by Crippen LogP contribution is 2.16. The van der Waals surface area contributed by atoms with E-state index in [1.807, 2.05) is 24.3 Å². The molecule has 71 heavy (non-hydrogen) atoms. The van der Waals surface area contributed by atoms with Crippen molar-refractivity contribution in [2.75, 3.05) is 13.2 Å². The zero-order valence-corrected chi connectivity index (χ0v) is 45.9. The van der Waals surface area contributed by atoms with Gasteiger partial charge in [0.25, 0.3) is 0 Å². The summed E-state index contributed by atoms with van der Waals surface area (Å²) >= 11 is 0. The minimum absolute atomic E-state index is 0.115. The summed E-state index contributed by atoms with van der Waals surface area (Å²) < 4.78 is 16.8. The summed E-state index contributed by atoms with van der Waals surface area (Å²) in [5.41, 5.74) is 0. The van der Waals surface area contributed by atoms with Gasteiger partial charge in [-0.25, -0.2) is 0 Å². The molecular weight excluding hydrogens is 877 g/mol. The number of unbranched alkanes of at least 4 members (excludes halogenated alkanes) is 23. The SMILES string of the molecule is CC\C=C/C=C\C=C/C=C\CCCCCCCC(=O)OCC(COC(=O)CC/C=C\C/C=C\C/C=C\C/C=C\C/C=C\C/C=C\CC)OC(=O)CCCCCCCCCCCCCCCCCCCCC. The van der Waals surface area contributed by atoms with Crippen molar-refractivity contribution in [1.29, 1.82) is 0 Å². The fourth-order valence-electron chi connectivity index (χ4n) is 7.77. The van der Waals surface area contributed by atoms with Gasteiger partial charge in [-0.3, -0.25) is 14.4 Å². The number of hydrogen-bond donors (Lipinski definition) is 0. The molecular formula is C65H106O6. The highest BCUT2D eigenvalue weighted by atomic mass is 16.6. The molecule has 0 amide bonds. The first-order chi connectivity index (χ1) is 35.0. The fourth-order valence-corrected chi connectivity index (χ4v) is 7.77. The average Bonchev–Trinajstić information content (AvgIpc) is 3.37. The van der Waals surface area contributed by atoms with Crippen molar-refractivity contribution in [2.24, 2.45) is 0 Å². The molecule has 0 bridgehead atoms. The molecule has 0 saturated heterocycles. The van der Waals surface area contributed by atoms with Crippen molar-refractivity contribution in [1.82, 2.24) is 0 Å². The molecule has 0 fully saturated rings. The maximum atomic E-state index is 12.9. The van der Waals surface area contributed by atoms with Gasteiger partial charge in [0.1, 0.15) is 13.2 Å². The minimum atomic E-state index is -0.821. The Labute approximate surface area is 437 Å². The van der Waals surface area contributed by atoms with Crippen molar-refractivity contribution < 1.29 is 28.6 Å². The van der Waals surface area contributed by atoms with E-state index >= 15 is 0 Å². The van der Waals surface area contributed by atoms with Gasteiger partial charge in [-0.05, 0) is 77.0 Å². The maximum Gasteiger partial charge on any atom is 0.306 e. The Balaban J connectivity index is 4.52. The van der Waals surface area contributed by atoms with Crippen LogP contribution in [0.5, 0.6) is 0 Å². The lowest BCUT2D eigenvalue weighted by molar-refractivity contribution is -0.166. The smallest absolute Gasteiger partial charge is 0.306 e. The monoisotopic (exact) mass is 983 g/mol. The molecule has 0 radical (unpaired) electrons. The summed E-state index contributed by atoms with van der Waals surface area (Å²) in [4.78, 5) is 38.2. The third kappa shape index (κ3) is 56.6. The Kier molecular flexibility index (Phi) is 54.9. The molecule has 0 aliphatic carbocycles. The molecule has 0 rings (SSSR count). The first-order valence-electron chi connectivity index (χ1n) is 29.1. The van der Waals surface area contributed by atoms with Crippen molar-refractivity contribution in [2.45, 2.75) is 258 Å². The van der Waals surface area contributed by atoms with Crippen LogP contribution in [0.1, 0.15) is 252 Å². The van der Waals surface area contributed by atoms with E-state index in [1.165, 1.54) is 103 Å². The quantitative estimate of drug-likeness (QED) is 0.0199. The van der Waals surface area contributed by atoms with Crippen molar-refractivity contribution in [3.05, 3.63) is 122 Å². The number of allylic oxidation sites excluding steroid dienone is 20. The van der Waals surface area contributed by atoms with Crippen LogP contribution in [0.15, 0.2) is 122 Å². The zero-order chi connectivity index (χ0) is 51.4. The van der Waals surface area contributed by atoms with E-state index in [-0.39, 0.29) is 37.5 Å². The standard InChI is InChI=1S/C65H106O6/c1-4-7-10-13-16-19-22-25-28-30-32-34-37-40-43-46-49-52-55-58-64(67)70-61-62(60-69-63(66)57-54-51-48-45-42-39-36-27-24-21-18-15-12-9-6-3)71-65(68)59-56-53-50-47-44-41-38-35-33-31-29-26-23-20-17-14-11-8-5-2/h7,9-10,12,15-16,18-19,21,24-25,27-28,32,34,36,40,43,49,52,62H,4-6,8,11,13-14,17,20,22-23,26,29-31,33,35,37-39,41-42,44-48,50-51,53-61H2,1-3H3/b10-7-,12-9-,18-15-,19-16-,24-21-,28-25-,34-32-,36-27-,43-40-,52-49-. The Bertz CT molecular complexity index is 1500. The molecule has 0 N–H and O–H groups in total. The number of carbonyl (C=O) groups excluding carboxylic acids is 3. The van der Waals surface area contributed by atoms with Crippen LogP contribution >= 0.6 is 0 Å². The van der Waals surface area contributed by atoms with Gasteiger partial charge in [0.2, 0.25) is 0 Å². The summed E-state index contributed by atoms with van der Waals surface area (Å²) in [6, 6.07) is 0. The molecule has 0 aromatic heterocycles. The van der Waals surface area contributed by atoms with Crippen molar-refractivity contribution in [3.63, 3.8) is 0 Å². The Morgan fingerprint density at radius 2 is 0.648 bits per heavy atom. The topological polar surface area (TPSA) is 78.9 Å². The van der Waals surface area contributed by atoms with E-state index in [1.54, 1.807) is 0 Å². The number of esters is 3. The molecule has 1 atom stereocenters. The molecule has 0 aromatic rings. The number of hydrogen-bond acceptors (Lipinski definition) is 6. The predicted octanol–water partition coefficient (Wildman–Crippen LogP) is 19.6. The molecule has 0 heterocycles. The third-order valence-electron chi connectivity index (χ3n) is 12.1. The van der Waals surface area contributed by atoms with Crippen LogP contribution < -0.4 is 0 Å². The predicted molar refractivity (Wildman–Crippen MR) is 306 cm³/mol.